The molecule has 1 amide bonds. The van der Waals surface area contributed by atoms with E-state index in [4.69, 9.17) is 11.6 Å². The lowest BCUT2D eigenvalue weighted by Crippen LogP contribution is -2.53. The molecule has 0 saturated heterocycles. The lowest BCUT2D eigenvalue weighted by Gasteiger charge is -2.60. The van der Waals surface area contributed by atoms with Crippen LogP contribution in [0, 0.1) is 23.2 Å². The standard InChI is InChI=1S/C21H25ClN4OS/c1-21(2)15-9-7-14(16(21)11-15)12-23-19-25-26-20(28-19)24-18(27)10-8-13-5-3-4-6-17(13)22/h3-6,8,10,14-16H,7,9,11-12H2,1-2H3,(H,23,25)(H,24,26,27)/t14-,15?,16?/m0/s1. The average molecular weight is 417 g/mol. The van der Waals surface area contributed by atoms with E-state index in [9.17, 15) is 4.79 Å². The topological polar surface area (TPSA) is 66.9 Å². The summed E-state index contributed by atoms with van der Waals surface area (Å²) in [5.41, 5.74) is 1.28. The van der Waals surface area contributed by atoms with Gasteiger partial charge in [0, 0.05) is 17.6 Å². The maximum absolute atomic E-state index is 12.1. The van der Waals surface area contributed by atoms with Gasteiger partial charge in [-0.1, -0.05) is 55.0 Å². The van der Waals surface area contributed by atoms with Crippen LogP contribution in [0.15, 0.2) is 30.3 Å². The Labute approximate surface area is 174 Å². The van der Waals surface area contributed by atoms with E-state index < -0.39 is 0 Å². The summed E-state index contributed by atoms with van der Waals surface area (Å²) >= 11 is 7.45. The summed E-state index contributed by atoms with van der Waals surface area (Å²) < 4.78 is 0. The van der Waals surface area contributed by atoms with Crippen LogP contribution in [-0.4, -0.2) is 22.6 Å². The highest BCUT2D eigenvalue weighted by Crippen LogP contribution is 2.61. The Morgan fingerprint density at radius 1 is 1.29 bits per heavy atom. The zero-order valence-electron chi connectivity index (χ0n) is 16.1. The predicted octanol–water partition coefficient (Wildman–Crippen LogP) is 5.33. The Morgan fingerprint density at radius 2 is 2.07 bits per heavy atom. The van der Waals surface area contributed by atoms with Crippen LogP contribution in [0.2, 0.25) is 5.02 Å². The molecule has 1 heterocycles. The second-order valence-corrected chi connectivity index (χ2v) is 9.72. The minimum atomic E-state index is -0.253. The van der Waals surface area contributed by atoms with Gasteiger partial charge in [-0.05, 0) is 60.1 Å². The number of halogens is 1. The molecule has 5 rings (SSSR count). The third kappa shape index (κ3) is 3.94. The molecule has 7 heteroatoms. The molecule has 5 nitrogen and oxygen atoms in total. The number of anilines is 2. The largest absolute Gasteiger partial charge is 0.360 e. The lowest BCUT2D eigenvalue weighted by atomic mass is 9.45. The highest BCUT2D eigenvalue weighted by Gasteiger charge is 2.53. The van der Waals surface area contributed by atoms with E-state index in [0.717, 1.165) is 29.1 Å². The van der Waals surface area contributed by atoms with E-state index in [2.05, 4.69) is 34.7 Å². The molecular weight excluding hydrogens is 392 g/mol. The first-order valence-electron chi connectivity index (χ1n) is 9.74. The Kier molecular flexibility index (Phi) is 5.43. The fourth-order valence-electron chi connectivity index (χ4n) is 4.69. The maximum atomic E-state index is 12.1. The summed E-state index contributed by atoms with van der Waals surface area (Å²) in [6.45, 7) is 5.75. The Morgan fingerprint density at radius 3 is 2.82 bits per heavy atom. The Bertz CT molecular complexity index is 892. The monoisotopic (exact) mass is 416 g/mol. The number of carbonyl (C=O) groups is 1. The summed E-state index contributed by atoms with van der Waals surface area (Å²) in [6, 6.07) is 7.38. The second kappa shape index (κ2) is 7.84. The van der Waals surface area contributed by atoms with Crippen LogP contribution >= 0.6 is 22.9 Å². The first kappa shape index (κ1) is 19.4. The molecule has 3 atom stereocenters. The van der Waals surface area contributed by atoms with Crippen molar-refractivity contribution < 1.29 is 4.79 Å². The molecule has 0 radical (unpaired) electrons. The number of amides is 1. The Hall–Kier alpha value is -1.92. The van der Waals surface area contributed by atoms with Crippen LogP contribution in [0.4, 0.5) is 10.3 Å². The van der Waals surface area contributed by atoms with Gasteiger partial charge >= 0.3 is 0 Å². The summed E-state index contributed by atoms with van der Waals surface area (Å²) in [5, 5.41) is 16.3. The van der Waals surface area contributed by atoms with Crippen molar-refractivity contribution in [1.29, 1.82) is 0 Å². The summed E-state index contributed by atoms with van der Waals surface area (Å²) in [6.07, 6.45) is 7.14. The van der Waals surface area contributed by atoms with Crippen LogP contribution in [0.25, 0.3) is 6.08 Å². The normalized spacial score (nSPS) is 25.3. The van der Waals surface area contributed by atoms with Crippen molar-refractivity contribution in [3.8, 4) is 0 Å². The van der Waals surface area contributed by atoms with Gasteiger partial charge in [-0.2, -0.15) is 0 Å². The highest BCUT2D eigenvalue weighted by atomic mass is 35.5. The van der Waals surface area contributed by atoms with Crippen molar-refractivity contribution in [1.82, 2.24) is 10.2 Å². The number of fused-ring (bicyclic) bond motifs is 2. The SMILES string of the molecule is CC1(C)C2CC[C@@H](CNc3nnc(NC(=O)C=Cc4ccccc4Cl)s3)C1C2. The molecule has 2 bridgehead atoms. The third-order valence-electron chi connectivity index (χ3n) is 6.49. The van der Waals surface area contributed by atoms with Crippen molar-refractivity contribution >= 4 is 45.2 Å². The molecule has 3 aliphatic carbocycles. The molecule has 148 valence electrons. The van der Waals surface area contributed by atoms with Gasteiger partial charge in [-0.3, -0.25) is 10.1 Å². The highest BCUT2D eigenvalue weighted by molar-refractivity contribution is 7.19. The smallest absolute Gasteiger partial charge is 0.250 e. The maximum Gasteiger partial charge on any atom is 0.250 e. The van der Waals surface area contributed by atoms with Crippen LogP contribution in [-0.2, 0) is 4.79 Å². The molecule has 28 heavy (non-hydrogen) atoms. The van der Waals surface area contributed by atoms with Gasteiger partial charge in [0.05, 0.1) is 0 Å². The number of hydrogen-bond donors (Lipinski definition) is 2. The number of hydrogen-bond acceptors (Lipinski definition) is 5. The minimum Gasteiger partial charge on any atom is -0.360 e. The minimum absolute atomic E-state index is 0.253. The molecule has 2 unspecified atom stereocenters. The van der Waals surface area contributed by atoms with Gasteiger partial charge in [-0.15, -0.1) is 10.2 Å². The zero-order valence-corrected chi connectivity index (χ0v) is 17.7. The molecule has 1 aromatic carbocycles. The number of nitrogens with one attached hydrogen (secondary N) is 2. The number of rotatable bonds is 6. The third-order valence-corrected chi connectivity index (χ3v) is 7.63. The number of carbonyl (C=O) groups excluding carboxylic acids is 1. The van der Waals surface area contributed by atoms with Gasteiger partial charge in [0.25, 0.3) is 0 Å². The first-order valence-corrected chi connectivity index (χ1v) is 10.9. The number of aromatic nitrogens is 2. The zero-order chi connectivity index (χ0) is 19.7. The van der Waals surface area contributed by atoms with Crippen molar-refractivity contribution in [2.75, 3.05) is 17.2 Å². The molecule has 0 spiro atoms. The molecule has 3 fully saturated rings. The van der Waals surface area contributed by atoms with E-state index in [-0.39, 0.29) is 5.91 Å². The molecule has 3 saturated carbocycles. The molecular formula is C21H25ClN4OS. The molecule has 2 aromatic rings. The van der Waals surface area contributed by atoms with E-state index in [0.29, 0.717) is 21.5 Å². The van der Waals surface area contributed by atoms with Gasteiger partial charge in [0.2, 0.25) is 16.2 Å². The van der Waals surface area contributed by atoms with E-state index in [1.807, 2.05) is 18.2 Å². The number of benzene rings is 1. The van der Waals surface area contributed by atoms with Crippen molar-refractivity contribution in [2.24, 2.45) is 23.2 Å². The van der Waals surface area contributed by atoms with Crippen molar-refractivity contribution in [3.63, 3.8) is 0 Å². The van der Waals surface area contributed by atoms with E-state index >= 15 is 0 Å². The van der Waals surface area contributed by atoms with Gasteiger partial charge < -0.3 is 5.32 Å². The molecule has 1 aromatic heterocycles. The molecule has 2 N–H and O–H groups in total. The van der Waals surface area contributed by atoms with E-state index in [1.54, 1.807) is 12.1 Å². The lowest BCUT2D eigenvalue weighted by molar-refractivity contribution is -0.111. The number of nitrogens with zero attached hydrogens (tertiary/aromatic N) is 2. The van der Waals surface area contributed by atoms with Gasteiger partial charge in [-0.25, -0.2) is 0 Å². The fourth-order valence-corrected chi connectivity index (χ4v) is 5.55. The Balaban J connectivity index is 1.28. The predicted molar refractivity (Wildman–Crippen MR) is 116 cm³/mol. The van der Waals surface area contributed by atoms with E-state index in [1.165, 1.54) is 36.7 Å². The van der Waals surface area contributed by atoms with Crippen LogP contribution < -0.4 is 10.6 Å². The van der Waals surface area contributed by atoms with Crippen LogP contribution in [0.3, 0.4) is 0 Å². The molecule has 0 aliphatic heterocycles. The molecule has 3 aliphatic rings. The van der Waals surface area contributed by atoms with Crippen LogP contribution in [0.5, 0.6) is 0 Å². The van der Waals surface area contributed by atoms with Gasteiger partial charge in [0.15, 0.2) is 0 Å². The summed E-state index contributed by atoms with van der Waals surface area (Å²) in [5.74, 6) is 2.16. The fraction of sp³-hybridized carbons (Fsp3) is 0.476. The summed E-state index contributed by atoms with van der Waals surface area (Å²) in [7, 11) is 0. The first-order chi connectivity index (χ1) is 13.4. The van der Waals surface area contributed by atoms with Crippen molar-refractivity contribution in [3.05, 3.63) is 40.9 Å². The second-order valence-electron chi connectivity index (χ2n) is 8.34. The van der Waals surface area contributed by atoms with Crippen molar-refractivity contribution in [2.45, 2.75) is 33.1 Å². The average Bonchev–Trinajstić information content (AvgIpc) is 3.13. The van der Waals surface area contributed by atoms with Gasteiger partial charge in [0.1, 0.15) is 0 Å². The quantitative estimate of drug-likeness (QED) is 0.624. The summed E-state index contributed by atoms with van der Waals surface area (Å²) in [4.78, 5) is 12.1. The van der Waals surface area contributed by atoms with Crippen LogP contribution in [0.1, 0.15) is 38.7 Å².